The van der Waals surface area contributed by atoms with E-state index in [9.17, 15) is 26.3 Å². The standard InChI is InChI=1S/C22H19F6N3O2/c1-13(2)31-11-18(33-17-6-4-15(10-30)20(8-17)22(26,27)28)12-32-16-5-3-14(9-29)19(7-16)21(23,24)25/h3-8,13,18,31H,11-12H2,1-2H3. The molecule has 0 aromatic heterocycles. The summed E-state index contributed by atoms with van der Waals surface area (Å²) in [5, 5.41) is 20.8. The summed E-state index contributed by atoms with van der Waals surface area (Å²) in [7, 11) is 0. The van der Waals surface area contributed by atoms with E-state index in [1.165, 1.54) is 24.3 Å². The third-order valence-corrected chi connectivity index (χ3v) is 4.33. The number of nitriles is 2. The molecular formula is C22H19F6N3O2. The van der Waals surface area contributed by atoms with Crippen molar-refractivity contribution in [2.75, 3.05) is 13.2 Å². The van der Waals surface area contributed by atoms with Gasteiger partial charge < -0.3 is 14.8 Å². The Balaban J connectivity index is 2.25. The fourth-order valence-corrected chi connectivity index (χ4v) is 2.76. The smallest absolute Gasteiger partial charge is 0.417 e. The summed E-state index contributed by atoms with van der Waals surface area (Å²) in [5.41, 5.74) is -3.47. The molecule has 176 valence electrons. The van der Waals surface area contributed by atoms with Gasteiger partial charge in [0.15, 0.2) is 0 Å². The maximum Gasteiger partial charge on any atom is 0.417 e. The highest BCUT2D eigenvalue weighted by atomic mass is 19.4. The lowest BCUT2D eigenvalue weighted by molar-refractivity contribution is -0.138. The van der Waals surface area contributed by atoms with Gasteiger partial charge >= 0.3 is 12.4 Å². The lowest BCUT2D eigenvalue weighted by atomic mass is 10.1. The van der Waals surface area contributed by atoms with E-state index in [1.54, 1.807) is 0 Å². The fraction of sp³-hybridized carbons (Fsp3) is 0.364. The maximum atomic E-state index is 13.2. The van der Waals surface area contributed by atoms with E-state index in [4.69, 9.17) is 20.0 Å². The number of hydrogen-bond acceptors (Lipinski definition) is 5. The minimum Gasteiger partial charge on any atom is -0.490 e. The molecule has 0 aliphatic heterocycles. The molecule has 0 saturated carbocycles. The zero-order chi connectivity index (χ0) is 24.8. The highest BCUT2D eigenvalue weighted by molar-refractivity contribution is 5.45. The number of rotatable bonds is 8. The van der Waals surface area contributed by atoms with Crippen LogP contribution < -0.4 is 14.8 Å². The van der Waals surface area contributed by atoms with Crippen LogP contribution in [-0.4, -0.2) is 25.3 Å². The number of ether oxygens (including phenoxy) is 2. The van der Waals surface area contributed by atoms with Crippen molar-refractivity contribution >= 4 is 0 Å². The Labute approximate surface area is 186 Å². The molecule has 0 bridgehead atoms. The van der Waals surface area contributed by atoms with Gasteiger partial charge in [0, 0.05) is 12.6 Å². The van der Waals surface area contributed by atoms with Crippen LogP contribution in [0.5, 0.6) is 11.5 Å². The quantitative estimate of drug-likeness (QED) is 0.530. The first-order valence-corrected chi connectivity index (χ1v) is 9.60. The van der Waals surface area contributed by atoms with Gasteiger partial charge in [-0.05, 0) is 36.4 Å². The Morgan fingerprint density at radius 3 is 1.79 bits per heavy atom. The minimum absolute atomic E-state index is 0.0189. The summed E-state index contributed by atoms with van der Waals surface area (Å²) in [6, 6.07) is 8.59. The van der Waals surface area contributed by atoms with Crippen LogP contribution in [0.25, 0.3) is 0 Å². The van der Waals surface area contributed by atoms with Gasteiger partial charge in [0.25, 0.3) is 0 Å². The molecule has 1 unspecified atom stereocenters. The fourth-order valence-electron chi connectivity index (χ4n) is 2.76. The van der Waals surface area contributed by atoms with Crippen molar-refractivity contribution in [1.82, 2.24) is 5.32 Å². The van der Waals surface area contributed by atoms with Crippen molar-refractivity contribution in [2.45, 2.75) is 38.3 Å². The summed E-state index contributed by atoms with van der Waals surface area (Å²) < 4.78 is 90.1. The molecule has 33 heavy (non-hydrogen) atoms. The molecule has 1 N–H and O–H groups in total. The first-order valence-electron chi connectivity index (χ1n) is 9.60. The average molecular weight is 471 g/mol. The Hall–Kier alpha value is -3.44. The van der Waals surface area contributed by atoms with Crippen molar-refractivity contribution in [3.8, 4) is 23.6 Å². The van der Waals surface area contributed by atoms with Crippen LogP contribution in [-0.2, 0) is 12.4 Å². The SMILES string of the molecule is CC(C)NCC(COc1ccc(C#N)c(C(F)(F)F)c1)Oc1ccc(C#N)c(C(F)(F)F)c1. The number of nitrogens with zero attached hydrogens (tertiary/aromatic N) is 2. The van der Waals surface area contributed by atoms with Gasteiger partial charge in [0.05, 0.1) is 34.4 Å². The van der Waals surface area contributed by atoms with Gasteiger partial charge in [-0.15, -0.1) is 0 Å². The molecule has 1 atom stereocenters. The van der Waals surface area contributed by atoms with Crippen molar-refractivity contribution in [3.05, 3.63) is 58.7 Å². The first-order chi connectivity index (χ1) is 15.3. The average Bonchev–Trinajstić information content (AvgIpc) is 2.74. The van der Waals surface area contributed by atoms with Crippen molar-refractivity contribution in [1.29, 1.82) is 10.5 Å². The topological polar surface area (TPSA) is 78.1 Å². The third kappa shape index (κ3) is 7.29. The molecule has 0 amide bonds. The van der Waals surface area contributed by atoms with Gasteiger partial charge in [0.2, 0.25) is 0 Å². The third-order valence-electron chi connectivity index (χ3n) is 4.33. The van der Waals surface area contributed by atoms with Gasteiger partial charge in [-0.3, -0.25) is 0 Å². The second kappa shape index (κ2) is 10.5. The van der Waals surface area contributed by atoms with Crippen LogP contribution >= 0.6 is 0 Å². The Morgan fingerprint density at radius 1 is 0.848 bits per heavy atom. The number of hydrogen-bond donors (Lipinski definition) is 1. The molecule has 0 saturated heterocycles. The molecule has 2 rings (SSSR count). The normalized spacial score (nSPS) is 12.7. The monoisotopic (exact) mass is 471 g/mol. The van der Waals surface area contributed by atoms with Gasteiger partial charge in [0.1, 0.15) is 24.2 Å². The zero-order valence-electron chi connectivity index (χ0n) is 17.5. The molecule has 0 heterocycles. The maximum absolute atomic E-state index is 13.2. The summed E-state index contributed by atoms with van der Waals surface area (Å²) in [6.45, 7) is 3.45. The predicted molar refractivity (Wildman–Crippen MR) is 105 cm³/mol. The van der Waals surface area contributed by atoms with Crippen LogP contribution in [0.15, 0.2) is 36.4 Å². The minimum atomic E-state index is -4.77. The van der Waals surface area contributed by atoms with E-state index >= 15 is 0 Å². The van der Waals surface area contributed by atoms with Crippen molar-refractivity contribution in [2.24, 2.45) is 0 Å². The second-order valence-corrected chi connectivity index (χ2v) is 7.25. The van der Waals surface area contributed by atoms with E-state index in [0.29, 0.717) is 12.1 Å². The zero-order valence-corrected chi connectivity index (χ0v) is 17.5. The Morgan fingerprint density at radius 2 is 1.33 bits per heavy atom. The molecule has 0 aliphatic carbocycles. The first kappa shape index (κ1) is 25.8. The van der Waals surface area contributed by atoms with Crippen LogP contribution in [0.3, 0.4) is 0 Å². The highest BCUT2D eigenvalue weighted by Gasteiger charge is 2.35. The molecule has 5 nitrogen and oxygen atoms in total. The van der Waals surface area contributed by atoms with E-state index in [1.807, 2.05) is 13.8 Å². The van der Waals surface area contributed by atoms with E-state index in [0.717, 1.165) is 12.1 Å². The molecule has 11 heteroatoms. The molecular weight excluding hydrogens is 452 g/mol. The lowest BCUT2D eigenvalue weighted by Gasteiger charge is -2.22. The predicted octanol–water partition coefficient (Wildman–Crippen LogP) is 5.29. The van der Waals surface area contributed by atoms with Crippen LogP contribution in [0.2, 0.25) is 0 Å². The summed E-state index contributed by atoms with van der Waals surface area (Å²) in [4.78, 5) is 0. The molecule has 0 spiro atoms. The molecule has 0 fully saturated rings. The van der Waals surface area contributed by atoms with E-state index in [-0.39, 0.29) is 30.7 Å². The van der Waals surface area contributed by atoms with Gasteiger partial charge in [-0.25, -0.2) is 0 Å². The number of benzene rings is 2. The van der Waals surface area contributed by atoms with Crippen molar-refractivity contribution in [3.63, 3.8) is 0 Å². The number of alkyl halides is 6. The molecule has 2 aromatic rings. The Bertz CT molecular complexity index is 1050. The number of nitrogens with one attached hydrogen (secondary N) is 1. The van der Waals surface area contributed by atoms with Crippen molar-refractivity contribution < 1.29 is 35.8 Å². The summed E-state index contributed by atoms with van der Waals surface area (Å²) in [6.07, 6.45) is -10.4. The summed E-state index contributed by atoms with van der Waals surface area (Å²) >= 11 is 0. The highest BCUT2D eigenvalue weighted by Crippen LogP contribution is 2.35. The van der Waals surface area contributed by atoms with Crippen LogP contribution in [0.4, 0.5) is 26.3 Å². The van der Waals surface area contributed by atoms with E-state index in [2.05, 4.69) is 5.32 Å². The second-order valence-electron chi connectivity index (χ2n) is 7.25. The largest absolute Gasteiger partial charge is 0.490 e. The van der Waals surface area contributed by atoms with Crippen LogP contribution in [0.1, 0.15) is 36.1 Å². The van der Waals surface area contributed by atoms with Crippen LogP contribution in [0, 0.1) is 22.7 Å². The van der Waals surface area contributed by atoms with Gasteiger partial charge in [-0.2, -0.15) is 36.9 Å². The Kier molecular flexibility index (Phi) is 8.18. The summed E-state index contributed by atoms with van der Waals surface area (Å²) in [5.74, 6) is -0.369. The lowest BCUT2D eigenvalue weighted by Crippen LogP contribution is -2.39. The van der Waals surface area contributed by atoms with Gasteiger partial charge in [-0.1, -0.05) is 13.8 Å². The molecule has 2 aromatic carbocycles. The van der Waals surface area contributed by atoms with E-state index < -0.39 is 40.7 Å². The molecule has 0 aliphatic rings. The molecule has 0 radical (unpaired) electrons. The number of halogens is 6.